The Bertz CT molecular complexity index is 740. The third-order valence-electron chi connectivity index (χ3n) is 2.85. The molecule has 0 aliphatic rings. The summed E-state index contributed by atoms with van der Waals surface area (Å²) in [6, 6.07) is 15.5. The normalized spacial score (nSPS) is 10.9. The fourth-order valence-corrected chi connectivity index (χ4v) is 3.27. The lowest BCUT2D eigenvalue weighted by Crippen LogP contribution is -1.98. The molecule has 0 fully saturated rings. The summed E-state index contributed by atoms with van der Waals surface area (Å²) in [6.07, 6.45) is 0. The second kappa shape index (κ2) is 4.55. The van der Waals surface area contributed by atoms with Gasteiger partial charge in [0.1, 0.15) is 5.75 Å². The Labute approximate surface area is 114 Å². The molecule has 0 bridgehead atoms. The largest absolute Gasteiger partial charge is 0.508 e. The lowest BCUT2D eigenvalue weighted by molar-refractivity contribution is 0.475. The lowest BCUT2D eigenvalue weighted by Gasteiger charge is -2.05. The number of nitrogens with zero attached hydrogens (tertiary/aromatic N) is 1. The number of phenols is 1. The molecular weight excluding hydrogens is 262 g/mol. The van der Waals surface area contributed by atoms with E-state index in [4.69, 9.17) is 12.2 Å². The van der Waals surface area contributed by atoms with Crippen LogP contribution in [0.5, 0.6) is 5.75 Å². The minimum atomic E-state index is 0.289. The van der Waals surface area contributed by atoms with Crippen LogP contribution in [0.15, 0.2) is 48.5 Å². The van der Waals surface area contributed by atoms with Crippen molar-refractivity contribution in [1.29, 1.82) is 0 Å². The van der Waals surface area contributed by atoms with E-state index in [9.17, 15) is 5.11 Å². The van der Waals surface area contributed by atoms with Gasteiger partial charge in [0.2, 0.25) is 0 Å². The van der Waals surface area contributed by atoms with Gasteiger partial charge in [-0.1, -0.05) is 24.3 Å². The Morgan fingerprint density at radius 2 is 1.78 bits per heavy atom. The van der Waals surface area contributed by atoms with Gasteiger partial charge in [0.15, 0.2) is 3.95 Å². The van der Waals surface area contributed by atoms with Crippen LogP contribution in [-0.4, -0.2) is 9.67 Å². The van der Waals surface area contributed by atoms with E-state index in [-0.39, 0.29) is 5.75 Å². The predicted molar refractivity (Wildman–Crippen MR) is 77.9 cm³/mol. The number of para-hydroxylation sites is 1. The van der Waals surface area contributed by atoms with Crippen LogP contribution in [0.4, 0.5) is 0 Å². The Balaban J connectivity index is 2.07. The average molecular weight is 273 g/mol. The van der Waals surface area contributed by atoms with E-state index in [1.54, 1.807) is 23.5 Å². The van der Waals surface area contributed by atoms with E-state index in [0.29, 0.717) is 0 Å². The molecule has 90 valence electrons. The standard InChI is InChI=1S/C14H11NOS2/c16-11-7-5-10(6-8-11)9-15-12-3-1-2-4-13(12)18-14(15)17/h1-8,16H,9H2. The fourth-order valence-electron chi connectivity index (χ4n) is 1.95. The quantitative estimate of drug-likeness (QED) is 0.708. The lowest BCUT2D eigenvalue weighted by atomic mass is 10.2. The van der Waals surface area contributed by atoms with Crippen LogP contribution in [0.3, 0.4) is 0 Å². The molecule has 2 nitrogen and oxygen atoms in total. The van der Waals surface area contributed by atoms with Crippen molar-refractivity contribution in [3.05, 3.63) is 58.0 Å². The highest BCUT2D eigenvalue weighted by Gasteiger charge is 2.04. The first-order valence-corrected chi connectivity index (χ1v) is 6.83. The topological polar surface area (TPSA) is 25.2 Å². The molecule has 0 atom stereocenters. The van der Waals surface area contributed by atoms with E-state index < -0.39 is 0 Å². The number of hydrogen-bond acceptors (Lipinski definition) is 3. The van der Waals surface area contributed by atoms with Gasteiger partial charge in [0.25, 0.3) is 0 Å². The van der Waals surface area contributed by atoms with Gasteiger partial charge < -0.3 is 9.67 Å². The first-order chi connectivity index (χ1) is 8.74. The van der Waals surface area contributed by atoms with Crippen LogP contribution in [0.1, 0.15) is 5.56 Å². The summed E-state index contributed by atoms with van der Waals surface area (Å²) in [5.41, 5.74) is 2.30. The van der Waals surface area contributed by atoms with Gasteiger partial charge in [-0.05, 0) is 42.0 Å². The minimum Gasteiger partial charge on any atom is -0.508 e. The van der Waals surface area contributed by atoms with Crippen LogP contribution < -0.4 is 0 Å². The van der Waals surface area contributed by atoms with Crippen molar-refractivity contribution in [3.63, 3.8) is 0 Å². The molecule has 0 unspecified atom stereocenters. The zero-order valence-electron chi connectivity index (χ0n) is 9.54. The number of phenolic OH excluding ortho intramolecular Hbond substituents is 1. The second-order valence-electron chi connectivity index (χ2n) is 4.09. The first kappa shape index (κ1) is 11.4. The van der Waals surface area contributed by atoms with Crippen molar-refractivity contribution >= 4 is 33.8 Å². The molecule has 0 amide bonds. The highest BCUT2D eigenvalue weighted by Crippen LogP contribution is 2.24. The van der Waals surface area contributed by atoms with Crippen molar-refractivity contribution in [2.24, 2.45) is 0 Å². The summed E-state index contributed by atoms with van der Waals surface area (Å²) >= 11 is 7.04. The van der Waals surface area contributed by atoms with Gasteiger partial charge in [-0.2, -0.15) is 0 Å². The van der Waals surface area contributed by atoms with Gasteiger partial charge in [0.05, 0.1) is 10.2 Å². The minimum absolute atomic E-state index is 0.289. The van der Waals surface area contributed by atoms with Gasteiger partial charge in [-0.3, -0.25) is 0 Å². The van der Waals surface area contributed by atoms with Crippen molar-refractivity contribution in [3.8, 4) is 5.75 Å². The Morgan fingerprint density at radius 3 is 2.56 bits per heavy atom. The second-order valence-corrected chi connectivity index (χ2v) is 5.76. The summed E-state index contributed by atoms with van der Waals surface area (Å²) < 4.78 is 4.22. The summed E-state index contributed by atoms with van der Waals surface area (Å²) in [4.78, 5) is 0. The van der Waals surface area contributed by atoms with Crippen molar-refractivity contribution < 1.29 is 5.11 Å². The molecule has 0 radical (unpaired) electrons. The summed E-state index contributed by atoms with van der Waals surface area (Å²) in [5, 5.41) is 9.28. The molecule has 0 aliphatic carbocycles. The molecule has 0 spiro atoms. The summed E-state index contributed by atoms with van der Waals surface area (Å²) in [6.45, 7) is 0.739. The molecule has 2 aromatic carbocycles. The number of thiazole rings is 1. The SMILES string of the molecule is Oc1ccc(Cn2c(=S)sc3ccccc32)cc1. The predicted octanol–water partition coefficient (Wildman–Crippen LogP) is 4.19. The molecule has 3 rings (SSSR count). The molecular formula is C14H11NOS2. The molecule has 0 saturated carbocycles. The zero-order valence-corrected chi connectivity index (χ0v) is 11.2. The van der Waals surface area contributed by atoms with Gasteiger partial charge >= 0.3 is 0 Å². The molecule has 0 aliphatic heterocycles. The van der Waals surface area contributed by atoms with E-state index in [0.717, 1.165) is 16.1 Å². The summed E-state index contributed by atoms with van der Waals surface area (Å²) in [7, 11) is 0. The number of hydrogen-bond donors (Lipinski definition) is 1. The van der Waals surface area contributed by atoms with Crippen LogP contribution in [0, 0.1) is 3.95 Å². The maximum Gasteiger partial charge on any atom is 0.162 e. The van der Waals surface area contributed by atoms with Crippen LogP contribution in [0.25, 0.3) is 10.2 Å². The van der Waals surface area contributed by atoms with E-state index in [1.807, 2.05) is 24.3 Å². The number of rotatable bonds is 2. The maximum atomic E-state index is 9.28. The Kier molecular flexibility index (Phi) is 2.89. The van der Waals surface area contributed by atoms with Crippen molar-refractivity contribution in [1.82, 2.24) is 4.57 Å². The summed E-state index contributed by atoms with van der Waals surface area (Å²) in [5.74, 6) is 0.289. The molecule has 4 heteroatoms. The smallest absolute Gasteiger partial charge is 0.162 e. The molecule has 1 aromatic heterocycles. The third kappa shape index (κ3) is 2.05. The first-order valence-electron chi connectivity index (χ1n) is 5.60. The maximum absolute atomic E-state index is 9.28. The van der Waals surface area contributed by atoms with Crippen LogP contribution in [0.2, 0.25) is 0 Å². The molecule has 18 heavy (non-hydrogen) atoms. The van der Waals surface area contributed by atoms with Gasteiger partial charge in [-0.25, -0.2) is 0 Å². The highest BCUT2D eigenvalue weighted by molar-refractivity contribution is 7.73. The van der Waals surface area contributed by atoms with E-state index in [1.165, 1.54) is 10.2 Å². The molecule has 1 N–H and O–H groups in total. The number of benzene rings is 2. The molecule has 3 aromatic rings. The zero-order chi connectivity index (χ0) is 12.5. The van der Waals surface area contributed by atoms with Crippen molar-refractivity contribution in [2.75, 3.05) is 0 Å². The monoisotopic (exact) mass is 273 g/mol. The van der Waals surface area contributed by atoms with E-state index >= 15 is 0 Å². The third-order valence-corrected chi connectivity index (χ3v) is 4.28. The molecule has 0 saturated heterocycles. The van der Waals surface area contributed by atoms with Crippen molar-refractivity contribution in [2.45, 2.75) is 6.54 Å². The van der Waals surface area contributed by atoms with Crippen LogP contribution in [-0.2, 0) is 6.54 Å². The average Bonchev–Trinajstić information content (AvgIpc) is 2.69. The Hall–Kier alpha value is -1.65. The van der Waals surface area contributed by atoms with Gasteiger partial charge in [-0.15, -0.1) is 11.3 Å². The number of fused-ring (bicyclic) bond motifs is 1. The van der Waals surface area contributed by atoms with E-state index in [2.05, 4.69) is 16.7 Å². The van der Waals surface area contributed by atoms with Gasteiger partial charge in [0, 0.05) is 6.54 Å². The number of aromatic hydroxyl groups is 1. The number of aromatic nitrogens is 1. The van der Waals surface area contributed by atoms with Crippen LogP contribution >= 0.6 is 23.6 Å². The molecule has 1 heterocycles. The highest BCUT2D eigenvalue weighted by atomic mass is 32.1. The fraction of sp³-hybridized carbons (Fsp3) is 0.0714. The Morgan fingerprint density at radius 1 is 1.06 bits per heavy atom.